The molecule has 2 saturated heterocycles. The van der Waals surface area contributed by atoms with E-state index in [0.29, 0.717) is 11.9 Å². The Balaban J connectivity index is 1.37. The maximum Gasteiger partial charge on any atom is 0.231 e. The Morgan fingerprint density at radius 2 is 1.84 bits per heavy atom. The molecule has 0 radical (unpaired) electrons. The summed E-state index contributed by atoms with van der Waals surface area (Å²) >= 11 is 0. The highest BCUT2D eigenvalue weighted by Crippen LogP contribution is 2.43. The number of piperidine rings is 1. The van der Waals surface area contributed by atoms with E-state index >= 15 is 0 Å². The summed E-state index contributed by atoms with van der Waals surface area (Å²) < 4.78 is 0. The molecule has 1 aromatic rings. The van der Waals surface area contributed by atoms with Crippen LogP contribution < -0.4 is 0 Å². The quantitative estimate of drug-likeness (QED) is 0.765. The van der Waals surface area contributed by atoms with Crippen LogP contribution in [0.3, 0.4) is 0 Å². The van der Waals surface area contributed by atoms with Gasteiger partial charge in [0, 0.05) is 25.7 Å². The third kappa shape index (κ3) is 3.36. The number of benzene rings is 1. The predicted molar refractivity (Wildman–Crippen MR) is 101 cm³/mol. The van der Waals surface area contributed by atoms with E-state index in [2.05, 4.69) is 47.1 Å². The first-order valence-electron chi connectivity index (χ1n) is 10.3. The SMILES string of the molecule is C[C@@H](c1ccccc1)N1CCC[C@]2(CN(CC3CCCCC3)C2=O)C1. The molecule has 4 rings (SSSR count). The van der Waals surface area contributed by atoms with Crippen LogP contribution in [0.2, 0.25) is 0 Å². The first-order valence-corrected chi connectivity index (χ1v) is 10.3. The second kappa shape index (κ2) is 7.11. The van der Waals surface area contributed by atoms with Crippen molar-refractivity contribution in [2.45, 2.75) is 57.9 Å². The van der Waals surface area contributed by atoms with Crippen molar-refractivity contribution in [2.75, 3.05) is 26.2 Å². The first-order chi connectivity index (χ1) is 12.2. The third-order valence-electron chi connectivity index (χ3n) is 6.87. The Morgan fingerprint density at radius 1 is 1.08 bits per heavy atom. The molecule has 1 saturated carbocycles. The van der Waals surface area contributed by atoms with Crippen LogP contribution in [0.25, 0.3) is 0 Å². The van der Waals surface area contributed by atoms with Gasteiger partial charge in [-0.3, -0.25) is 9.69 Å². The normalized spacial score (nSPS) is 29.6. The van der Waals surface area contributed by atoms with Crippen molar-refractivity contribution in [3.8, 4) is 0 Å². The van der Waals surface area contributed by atoms with E-state index in [1.807, 2.05) is 0 Å². The summed E-state index contributed by atoms with van der Waals surface area (Å²) in [7, 11) is 0. The minimum absolute atomic E-state index is 0.0735. The van der Waals surface area contributed by atoms with Gasteiger partial charge in [-0.25, -0.2) is 0 Å². The van der Waals surface area contributed by atoms with Crippen LogP contribution in [0.15, 0.2) is 30.3 Å². The minimum Gasteiger partial charge on any atom is -0.341 e. The maximum absolute atomic E-state index is 13.0. The van der Waals surface area contributed by atoms with Gasteiger partial charge in [0.2, 0.25) is 5.91 Å². The lowest BCUT2D eigenvalue weighted by Crippen LogP contribution is -2.67. The lowest BCUT2D eigenvalue weighted by atomic mass is 9.71. The number of carbonyl (C=O) groups is 1. The number of nitrogens with zero attached hydrogens (tertiary/aromatic N) is 2. The molecule has 25 heavy (non-hydrogen) atoms. The number of amides is 1. The maximum atomic E-state index is 13.0. The highest BCUT2D eigenvalue weighted by atomic mass is 16.2. The monoisotopic (exact) mass is 340 g/mol. The van der Waals surface area contributed by atoms with Crippen LogP contribution in [0.4, 0.5) is 0 Å². The summed E-state index contributed by atoms with van der Waals surface area (Å²) in [5.41, 5.74) is 1.29. The lowest BCUT2D eigenvalue weighted by molar-refractivity contribution is -0.168. The molecule has 2 atom stereocenters. The van der Waals surface area contributed by atoms with Gasteiger partial charge in [0.1, 0.15) is 0 Å². The molecule has 3 heteroatoms. The molecule has 0 N–H and O–H groups in total. The van der Waals surface area contributed by atoms with Crippen LogP contribution >= 0.6 is 0 Å². The molecule has 1 amide bonds. The van der Waals surface area contributed by atoms with Crippen molar-refractivity contribution in [3.63, 3.8) is 0 Å². The van der Waals surface area contributed by atoms with E-state index in [0.717, 1.165) is 44.9 Å². The fraction of sp³-hybridized carbons (Fsp3) is 0.682. The molecule has 1 aliphatic carbocycles. The molecule has 1 spiro atoms. The molecule has 3 aliphatic rings. The average molecular weight is 341 g/mol. The largest absolute Gasteiger partial charge is 0.341 e. The molecule has 1 aromatic carbocycles. The van der Waals surface area contributed by atoms with Crippen LogP contribution in [0.5, 0.6) is 0 Å². The number of hydrogen-bond donors (Lipinski definition) is 0. The topological polar surface area (TPSA) is 23.6 Å². The summed E-state index contributed by atoms with van der Waals surface area (Å²) in [6.45, 7) is 6.38. The summed E-state index contributed by atoms with van der Waals surface area (Å²) in [6, 6.07) is 11.1. The van der Waals surface area contributed by atoms with E-state index in [4.69, 9.17) is 0 Å². The number of rotatable bonds is 4. The molecule has 3 nitrogen and oxygen atoms in total. The zero-order valence-electron chi connectivity index (χ0n) is 15.6. The Hall–Kier alpha value is -1.35. The van der Waals surface area contributed by atoms with Gasteiger partial charge < -0.3 is 4.90 Å². The van der Waals surface area contributed by atoms with Gasteiger partial charge in [0.25, 0.3) is 0 Å². The minimum atomic E-state index is -0.0735. The highest BCUT2D eigenvalue weighted by Gasteiger charge is 2.54. The van der Waals surface area contributed by atoms with Gasteiger partial charge in [0.05, 0.1) is 5.41 Å². The van der Waals surface area contributed by atoms with E-state index in [1.165, 1.54) is 37.7 Å². The lowest BCUT2D eigenvalue weighted by Gasteiger charge is -2.55. The number of carbonyl (C=O) groups excluding carboxylic acids is 1. The zero-order chi connectivity index (χ0) is 17.3. The molecule has 3 fully saturated rings. The smallest absolute Gasteiger partial charge is 0.231 e. The van der Waals surface area contributed by atoms with Gasteiger partial charge in [-0.05, 0) is 50.6 Å². The van der Waals surface area contributed by atoms with Crippen LogP contribution in [-0.2, 0) is 4.79 Å². The van der Waals surface area contributed by atoms with E-state index in [9.17, 15) is 4.79 Å². The van der Waals surface area contributed by atoms with Crippen LogP contribution in [0.1, 0.15) is 63.5 Å². The van der Waals surface area contributed by atoms with Crippen molar-refractivity contribution < 1.29 is 4.79 Å². The van der Waals surface area contributed by atoms with Crippen molar-refractivity contribution in [2.24, 2.45) is 11.3 Å². The van der Waals surface area contributed by atoms with E-state index in [1.54, 1.807) is 0 Å². The molecule has 2 aliphatic heterocycles. The molecule has 2 heterocycles. The predicted octanol–water partition coefficient (Wildman–Crippen LogP) is 4.25. The van der Waals surface area contributed by atoms with Crippen LogP contribution in [0, 0.1) is 11.3 Å². The van der Waals surface area contributed by atoms with Gasteiger partial charge in [-0.1, -0.05) is 49.6 Å². The van der Waals surface area contributed by atoms with E-state index < -0.39 is 0 Å². The van der Waals surface area contributed by atoms with Gasteiger partial charge in [0.15, 0.2) is 0 Å². The molecule has 0 unspecified atom stereocenters. The Bertz CT molecular complexity index is 595. The molecular weight excluding hydrogens is 308 g/mol. The van der Waals surface area contributed by atoms with Crippen molar-refractivity contribution >= 4 is 5.91 Å². The Morgan fingerprint density at radius 3 is 2.56 bits per heavy atom. The van der Waals surface area contributed by atoms with Crippen molar-refractivity contribution in [1.29, 1.82) is 0 Å². The van der Waals surface area contributed by atoms with Gasteiger partial charge in [-0.2, -0.15) is 0 Å². The van der Waals surface area contributed by atoms with Gasteiger partial charge >= 0.3 is 0 Å². The molecule has 0 bridgehead atoms. The molecule has 0 aromatic heterocycles. The van der Waals surface area contributed by atoms with Gasteiger partial charge in [-0.15, -0.1) is 0 Å². The number of β-lactam (4-membered cyclic amide) rings is 1. The fourth-order valence-corrected chi connectivity index (χ4v) is 5.32. The summed E-state index contributed by atoms with van der Waals surface area (Å²) in [5, 5.41) is 0. The second-order valence-corrected chi connectivity index (χ2v) is 8.63. The van der Waals surface area contributed by atoms with E-state index in [-0.39, 0.29) is 5.41 Å². The fourth-order valence-electron chi connectivity index (χ4n) is 5.32. The van der Waals surface area contributed by atoms with Crippen LogP contribution in [-0.4, -0.2) is 41.9 Å². The second-order valence-electron chi connectivity index (χ2n) is 8.63. The molecule has 136 valence electrons. The zero-order valence-corrected chi connectivity index (χ0v) is 15.6. The average Bonchev–Trinajstić information content (AvgIpc) is 2.68. The summed E-state index contributed by atoms with van der Waals surface area (Å²) in [5.74, 6) is 1.21. The standard InChI is InChI=1S/C22H32N2O/c1-18(20-11-6-3-7-12-20)23-14-8-13-22(16-23)17-24(21(22)25)15-19-9-4-2-5-10-19/h3,6-7,11-12,18-19H,2,4-5,8-10,13-17H2,1H3/t18-,22+/m0/s1. The van der Waals surface area contributed by atoms with Crippen molar-refractivity contribution in [1.82, 2.24) is 9.80 Å². The summed E-state index contributed by atoms with van der Waals surface area (Å²) in [6.07, 6.45) is 9.01. The highest BCUT2D eigenvalue weighted by molar-refractivity contribution is 5.89. The first kappa shape index (κ1) is 17.1. The number of likely N-dealkylation sites (tertiary alicyclic amines) is 2. The number of hydrogen-bond acceptors (Lipinski definition) is 2. The Labute approximate surface area is 152 Å². The third-order valence-corrected chi connectivity index (χ3v) is 6.87. The van der Waals surface area contributed by atoms with Crippen molar-refractivity contribution in [3.05, 3.63) is 35.9 Å². The molecular formula is C22H32N2O. The Kier molecular flexibility index (Phi) is 4.86. The summed E-state index contributed by atoms with van der Waals surface area (Å²) in [4.78, 5) is 17.7.